The van der Waals surface area contributed by atoms with Crippen molar-refractivity contribution >= 4 is 18.3 Å². The van der Waals surface area contributed by atoms with E-state index in [1.165, 1.54) is 6.07 Å². The molecule has 1 aliphatic rings. The van der Waals surface area contributed by atoms with Crippen LogP contribution in [0.3, 0.4) is 0 Å². The maximum atomic E-state index is 13.5. The molecule has 0 aliphatic carbocycles. The van der Waals surface area contributed by atoms with E-state index in [1.807, 2.05) is 0 Å². The van der Waals surface area contributed by atoms with Gasteiger partial charge in [-0.2, -0.15) is 4.98 Å². The number of rotatable bonds is 4. The van der Waals surface area contributed by atoms with Crippen molar-refractivity contribution in [1.29, 1.82) is 0 Å². The summed E-state index contributed by atoms with van der Waals surface area (Å²) in [6.45, 7) is 2.72. The van der Waals surface area contributed by atoms with Crippen LogP contribution in [0.4, 0.5) is 4.39 Å². The highest BCUT2D eigenvalue weighted by Crippen LogP contribution is 2.19. The molecule has 0 spiro atoms. The average Bonchev–Trinajstić information content (AvgIpc) is 3.19. The molecule has 0 radical (unpaired) electrons. The maximum absolute atomic E-state index is 13.5. The monoisotopic (exact) mass is 340 g/mol. The minimum absolute atomic E-state index is 0. The van der Waals surface area contributed by atoms with Crippen LogP contribution in [-0.2, 0) is 11.3 Å². The zero-order valence-electron chi connectivity index (χ0n) is 12.6. The molecule has 2 N–H and O–H groups in total. The highest BCUT2D eigenvalue weighted by molar-refractivity contribution is 5.85. The van der Waals surface area contributed by atoms with Gasteiger partial charge in [0.1, 0.15) is 5.82 Å². The molecule has 1 atom stereocenters. The van der Waals surface area contributed by atoms with Crippen LogP contribution in [-0.4, -0.2) is 28.6 Å². The van der Waals surface area contributed by atoms with Crippen LogP contribution < -0.4 is 10.6 Å². The molecule has 124 valence electrons. The summed E-state index contributed by atoms with van der Waals surface area (Å²) >= 11 is 0. The average molecular weight is 341 g/mol. The van der Waals surface area contributed by atoms with Gasteiger partial charge in [0.25, 0.3) is 0 Å². The molecule has 1 fully saturated rings. The lowest BCUT2D eigenvalue weighted by Gasteiger charge is -2.08. The Labute approximate surface area is 139 Å². The first kappa shape index (κ1) is 17.4. The van der Waals surface area contributed by atoms with Crippen molar-refractivity contribution in [1.82, 2.24) is 20.8 Å². The minimum Gasteiger partial charge on any atom is -0.346 e. The van der Waals surface area contributed by atoms with Gasteiger partial charge in [-0.25, -0.2) is 4.39 Å². The maximum Gasteiger partial charge on any atom is 0.246 e. The molecule has 3 rings (SSSR count). The number of aryl methyl sites for hydroxylation is 1. The molecule has 1 amide bonds. The highest BCUT2D eigenvalue weighted by Gasteiger charge is 2.22. The van der Waals surface area contributed by atoms with E-state index in [1.54, 1.807) is 19.1 Å². The van der Waals surface area contributed by atoms with E-state index in [-0.39, 0.29) is 36.7 Å². The quantitative estimate of drug-likeness (QED) is 0.889. The minimum atomic E-state index is -0.315. The third kappa shape index (κ3) is 4.05. The van der Waals surface area contributed by atoms with Crippen LogP contribution in [0, 0.1) is 12.7 Å². The predicted molar refractivity (Wildman–Crippen MR) is 84.5 cm³/mol. The van der Waals surface area contributed by atoms with E-state index in [4.69, 9.17) is 4.52 Å². The number of nitrogens with one attached hydrogen (secondary N) is 2. The Hall–Kier alpha value is -1.99. The topological polar surface area (TPSA) is 80.0 Å². The van der Waals surface area contributed by atoms with Crippen LogP contribution in [0.15, 0.2) is 22.7 Å². The van der Waals surface area contributed by atoms with Gasteiger partial charge in [-0.05, 0) is 37.9 Å². The molecule has 1 aromatic carbocycles. The number of amides is 1. The lowest BCUT2D eigenvalue weighted by atomic mass is 10.1. The summed E-state index contributed by atoms with van der Waals surface area (Å²) in [6, 6.07) is 4.61. The highest BCUT2D eigenvalue weighted by atomic mass is 35.5. The zero-order chi connectivity index (χ0) is 15.5. The van der Waals surface area contributed by atoms with Crippen LogP contribution in [0.2, 0.25) is 0 Å². The molecule has 0 saturated carbocycles. The van der Waals surface area contributed by atoms with E-state index in [9.17, 15) is 9.18 Å². The van der Waals surface area contributed by atoms with Crippen molar-refractivity contribution < 1.29 is 13.7 Å². The fourth-order valence-corrected chi connectivity index (χ4v) is 2.37. The lowest BCUT2D eigenvalue weighted by molar-refractivity contribution is -0.123. The van der Waals surface area contributed by atoms with E-state index >= 15 is 0 Å². The number of carbonyl (C=O) groups excluding carboxylic acids is 1. The number of aromatic nitrogens is 2. The number of nitrogens with zero attached hydrogens (tertiary/aromatic N) is 2. The van der Waals surface area contributed by atoms with Gasteiger partial charge >= 0.3 is 0 Å². The fraction of sp³-hybridized carbons (Fsp3) is 0.400. The van der Waals surface area contributed by atoms with E-state index in [2.05, 4.69) is 20.8 Å². The van der Waals surface area contributed by atoms with E-state index in [0.717, 1.165) is 19.4 Å². The molecular formula is C15H18ClFN4O2. The molecule has 2 heterocycles. The molecule has 6 nitrogen and oxygen atoms in total. The second kappa shape index (κ2) is 7.52. The Morgan fingerprint density at radius 3 is 3.04 bits per heavy atom. The Morgan fingerprint density at radius 2 is 2.35 bits per heavy atom. The predicted octanol–water partition coefficient (Wildman–Crippen LogP) is 1.97. The number of hydrogen-bond donors (Lipinski definition) is 2. The SMILES string of the molecule is Cc1ccc(-c2noc(CNC(=O)C3CCCN3)n2)cc1F.Cl. The van der Waals surface area contributed by atoms with Crippen molar-refractivity contribution in [2.24, 2.45) is 0 Å². The van der Waals surface area contributed by atoms with Gasteiger partial charge in [0.2, 0.25) is 17.6 Å². The van der Waals surface area contributed by atoms with Crippen molar-refractivity contribution in [3.8, 4) is 11.4 Å². The van der Waals surface area contributed by atoms with Gasteiger partial charge in [-0.3, -0.25) is 4.79 Å². The third-order valence-corrected chi connectivity index (χ3v) is 3.69. The van der Waals surface area contributed by atoms with Crippen molar-refractivity contribution in [3.63, 3.8) is 0 Å². The smallest absolute Gasteiger partial charge is 0.246 e. The molecule has 1 unspecified atom stereocenters. The second-order valence-electron chi connectivity index (χ2n) is 5.34. The number of hydrogen-bond acceptors (Lipinski definition) is 5. The number of carbonyl (C=O) groups is 1. The fourth-order valence-electron chi connectivity index (χ4n) is 2.37. The van der Waals surface area contributed by atoms with Crippen LogP contribution >= 0.6 is 12.4 Å². The zero-order valence-corrected chi connectivity index (χ0v) is 13.5. The normalized spacial score (nSPS) is 16.9. The summed E-state index contributed by atoms with van der Waals surface area (Å²) in [5.41, 5.74) is 1.10. The molecule has 2 aromatic rings. The Morgan fingerprint density at radius 1 is 1.52 bits per heavy atom. The number of halogens is 2. The van der Waals surface area contributed by atoms with Gasteiger partial charge in [0, 0.05) is 5.56 Å². The Balaban J connectivity index is 0.00000192. The van der Waals surface area contributed by atoms with Crippen LogP contribution in [0.5, 0.6) is 0 Å². The summed E-state index contributed by atoms with van der Waals surface area (Å²) in [7, 11) is 0. The molecule has 1 aliphatic heterocycles. The van der Waals surface area contributed by atoms with E-state index < -0.39 is 0 Å². The van der Waals surface area contributed by atoms with Gasteiger partial charge in [0.15, 0.2) is 0 Å². The first-order valence-corrected chi connectivity index (χ1v) is 7.23. The second-order valence-corrected chi connectivity index (χ2v) is 5.34. The summed E-state index contributed by atoms with van der Waals surface area (Å²) < 4.78 is 18.6. The summed E-state index contributed by atoms with van der Waals surface area (Å²) in [4.78, 5) is 16.0. The largest absolute Gasteiger partial charge is 0.346 e. The van der Waals surface area contributed by atoms with E-state index in [0.29, 0.717) is 22.8 Å². The summed E-state index contributed by atoms with van der Waals surface area (Å²) in [5, 5.41) is 9.68. The van der Waals surface area contributed by atoms with Gasteiger partial charge < -0.3 is 15.2 Å². The molecule has 1 saturated heterocycles. The molecule has 23 heavy (non-hydrogen) atoms. The first-order chi connectivity index (χ1) is 10.6. The molecule has 0 bridgehead atoms. The summed E-state index contributed by atoms with van der Waals surface area (Å²) in [5.74, 6) is 0.215. The Kier molecular flexibility index (Phi) is 5.68. The van der Waals surface area contributed by atoms with Crippen molar-refractivity contribution in [2.75, 3.05) is 6.54 Å². The van der Waals surface area contributed by atoms with Gasteiger partial charge in [-0.15, -0.1) is 12.4 Å². The lowest BCUT2D eigenvalue weighted by Crippen LogP contribution is -2.40. The molecule has 8 heteroatoms. The van der Waals surface area contributed by atoms with Gasteiger partial charge in [-0.1, -0.05) is 17.3 Å². The molecule has 1 aromatic heterocycles. The molecular weight excluding hydrogens is 323 g/mol. The first-order valence-electron chi connectivity index (χ1n) is 7.23. The Bertz CT molecular complexity index is 686. The standard InChI is InChI=1S/C15H17FN4O2.ClH/c1-9-4-5-10(7-11(9)16)14-19-13(22-20-14)8-18-15(21)12-3-2-6-17-12;/h4-5,7,12,17H,2-3,6,8H2,1H3,(H,18,21);1H. The third-order valence-electron chi connectivity index (χ3n) is 3.69. The van der Waals surface area contributed by atoms with Crippen molar-refractivity contribution in [2.45, 2.75) is 32.4 Å². The van der Waals surface area contributed by atoms with Crippen molar-refractivity contribution in [3.05, 3.63) is 35.5 Å². The van der Waals surface area contributed by atoms with Crippen LogP contribution in [0.25, 0.3) is 11.4 Å². The summed E-state index contributed by atoms with van der Waals surface area (Å²) in [6.07, 6.45) is 1.84. The van der Waals surface area contributed by atoms with Crippen LogP contribution in [0.1, 0.15) is 24.3 Å². The van der Waals surface area contributed by atoms with Gasteiger partial charge in [0.05, 0.1) is 12.6 Å². The number of benzene rings is 1.